The molecule has 0 saturated heterocycles. The molecular formula is C14H20N2O2. The molecule has 3 N–H and O–H groups in total. The van der Waals surface area contributed by atoms with Crippen molar-refractivity contribution in [2.45, 2.75) is 25.3 Å². The number of carbonyl (C=O) groups is 1. The van der Waals surface area contributed by atoms with E-state index in [1.807, 2.05) is 43.1 Å². The molecule has 1 atom stereocenters. The Kier molecular flexibility index (Phi) is 3.30. The van der Waals surface area contributed by atoms with Crippen LogP contribution in [-0.2, 0) is 4.79 Å². The number of carboxylic acids is 1. The summed E-state index contributed by atoms with van der Waals surface area (Å²) in [7, 11) is 1.89. The third-order valence-corrected chi connectivity index (χ3v) is 3.65. The molecule has 1 aromatic carbocycles. The van der Waals surface area contributed by atoms with Crippen LogP contribution in [0, 0.1) is 12.8 Å². The van der Waals surface area contributed by atoms with Crippen molar-refractivity contribution in [1.29, 1.82) is 0 Å². The summed E-state index contributed by atoms with van der Waals surface area (Å²) in [6, 6.07) is 8.00. The van der Waals surface area contributed by atoms with Gasteiger partial charge in [-0.2, -0.15) is 0 Å². The van der Waals surface area contributed by atoms with Gasteiger partial charge in [-0.25, -0.2) is 0 Å². The fourth-order valence-electron chi connectivity index (χ4n) is 2.32. The van der Waals surface area contributed by atoms with Gasteiger partial charge in [0, 0.05) is 19.3 Å². The van der Waals surface area contributed by atoms with Gasteiger partial charge in [-0.3, -0.25) is 4.79 Å². The highest BCUT2D eigenvalue weighted by atomic mass is 16.4. The first-order valence-electron chi connectivity index (χ1n) is 6.23. The van der Waals surface area contributed by atoms with Crippen molar-refractivity contribution in [2.75, 3.05) is 18.5 Å². The van der Waals surface area contributed by atoms with E-state index in [4.69, 9.17) is 5.73 Å². The normalized spacial score (nSPS) is 18.2. The number of hydrogen-bond donors (Lipinski definition) is 2. The molecule has 18 heavy (non-hydrogen) atoms. The van der Waals surface area contributed by atoms with Gasteiger partial charge in [-0.1, -0.05) is 12.1 Å². The predicted molar refractivity (Wildman–Crippen MR) is 71.7 cm³/mol. The van der Waals surface area contributed by atoms with Crippen molar-refractivity contribution in [2.24, 2.45) is 11.7 Å². The van der Waals surface area contributed by atoms with Crippen molar-refractivity contribution < 1.29 is 9.90 Å². The summed E-state index contributed by atoms with van der Waals surface area (Å²) in [5, 5.41) is 9.34. The number of aliphatic carboxylic acids is 1. The molecule has 4 heteroatoms. The number of aryl methyl sites for hydroxylation is 1. The van der Waals surface area contributed by atoms with Crippen molar-refractivity contribution in [3.8, 4) is 0 Å². The fourth-order valence-corrected chi connectivity index (χ4v) is 2.32. The number of nitrogens with zero attached hydrogens (tertiary/aromatic N) is 1. The molecule has 1 fully saturated rings. The average Bonchev–Trinajstić information content (AvgIpc) is 3.12. The maximum atomic E-state index is 11.4. The average molecular weight is 248 g/mol. The van der Waals surface area contributed by atoms with Crippen LogP contribution in [0.3, 0.4) is 0 Å². The van der Waals surface area contributed by atoms with E-state index >= 15 is 0 Å². The lowest BCUT2D eigenvalue weighted by molar-refractivity contribution is -0.143. The minimum absolute atomic E-state index is 0.113. The van der Waals surface area contributed by atoms with Gasteiger partial charge in [0.05, 0.1) is 0 Å². The van der Waals surface area contributed by atoms with Crippen molar-refractivity contribution in [1.82, 2.24) is 0 Å². The van der Waals surface area contributed by atoms with E-state index in [2.05, 4.69) is 0 Å². The number of benzene rings is 1. The number of rotatable bonds is 5. The maximum Gasteiger partial charge on any atom is 0.325 e. The first-order chi connectivity index (χ1) is 8.43. The molecule has 0 aliphatic heterocycles. The van der Waals surface area contributed by atoms with Gasteiger partial charge in [-0.05, 0) is 43.4 Å². The second kappa shape index (κ2) is 4.61. The topological polar surface area (TPSA) is 66.6 Å². The van der Waals surface area contributed by atoms with Crippen molar-refractivity contribution in [3.05, 3.63) is 29.8 Å². The van der Waals surface area contributed by atoms with Gasteiger partial charge in [0.25, 0.3) is 0 Å². The molecule has 1 aromatic rings. The standard InChI is InChI=1S/C14H20N2O2/c1-10-4-3-5-12(8-10)16(2)9-14(15,13(17)18)11-6-7-11/h3-5,8,11H,6-7,9,15H2,1-2H3,(H,17,18). The fraction of sp³-hybridized carbons (Fsp3) is 0.500. The third-order valence-electron chi connectivity index (χ3n) is 3.65. The molecule has 1 aliphatic carbocycles. The smallest absolute Gasteiger partial charge is 0.325 e. The van der Waals surface area contributed by atoms with Gasteiger partial charge >= 0.3 is 5.97 Å². The Bertz CT molecular complexity index is 457. The Balaban J connectivity index is 2.14. The molecule has 1 unspecified atom stereocenters. The van der Waals surface area contributed by atoms with E-state index in [-0.39, 0.29) is 5.92 Å². The highest BCUT2D eigenvalue weighted by Gasteiger charge is 2.48. The summed E-state index contributed by atoms with van der Waals surface area (Å²) in [4.78, 5) is 13.3. The first kappa shape index (κ1) is 12.9. The van der Waals surface area contributed by atoms with Crippen molar-refractivity contribution >= 4 is 11.7 Å². The van der Waals surface area contributed by atoms with Crippen LogP contribution in [0.25, 0.3) is 0 Å². The zero-order valence-corrected chi connectivity index (χ0v) is 10.9. The van der Waals surface area contributed by atoms with E-state index in [0.29, 0.717) is 6.54 Å². The molecular weight excluding hydrogens is 228 g/mol. The van der Waals surface area contributed by atoms with Crippen LogP contribution in [0.5, 0.6) is 0 Å². The zero-order valence-electron chi connectivity index (χ0n) is 10.9. The Morgan fingerprint density at radius 1 is 1.56 bits per heavy atom. The molecule has 0 bridgehead atoms. The lowest BCUT2D eigenvalue weighted by atomic mass is 9.94. The number of hydrogen-bond acceptors (Lipinski definition) is 3. The summed E-state index contributed by atoms with van der Waals surface area (Å²) >= 11 is 0. The lowest BCUT2D eigenvalue weighted by Crippen LogP contribution is -2.57. The van der Waals surface area contributed by atoms with Crippen LogP contribution in [0.4, 0.5) is 5.69 Å². The molecule has 98 valence electrons. The summed E-state index contributed by atoms with van der Waals surface area (Å²) in [5.74, 6) is -0.785. The Morgan fingerprint density at radius 3 is 2.72 bits per heavy atom. The number of nitrogens with two attached hydrogens (primary N) is 1. The highest BCUT2D eigenvalue weighted by molar-refractivity contribution is 5.80. The SMILES string of the molecule is Cc1cccc(N(C)CC(N)(C(=O)O)C2CC2)c1. The molecule has 4 nitrogen and oxygen atoms in total. The van der Waals surface area contributed by atoms with E-state index in [1.165, 1.54) is 0 Å². The van der Waals surface area contributed by atoms with Gasteiger partial charge in [0.1, 0.15) is 5.54 Å². The van der Waals surface area contributed by atoms with Gasteiger partial charge in [0.2, 0.25) is 0 Å². The summed E-state index contributed by atoms with van der Waals surface area (Å²) in [6.07, 6.45) is 1.84. The predicted octanol–water partition coefficient (Wildman–Crippen LogP) is 1.62. The van der Waals surface area contributed by atoms with Gasteiger partial charge in [-0.15, -0.1) is 0 Å². The van der Waals surface area contributed by atoms with Gasteiger partial charge in [0.15, 0.2) is 0 Å². The Hall–Kier alpha value is -1.55. The van der Waals surface area contributed by atoms with Crippen LogP contribution < -0.4 is 10.6 Å². The molecule has 2 rings (SSSR count). The minimum atomic E-state index is -1.13. The lowest BCUT2D eigenvalue weighted by Gasteiger charge is -2.31. The second-order valence-electron chi connectivity index (χ2n) is 5.31. The minimum Gasteiger partial charge on any atom is -0.480 e. The third kappa shape index (κ3) is 2.48. The number of carboxylic acid groups (broad SMARTS) is 1. The molecule has 0 spiro atoms. The Morgan fingerprint density at radius 2 is 2.22 bits per heavy atom. The van der Waals surface area contributed by atoms with Crippen LogP contribution in [0.1, 0.15) is 18.4 Å². The molecule has 0 aromatic heterocycles. The summed E-state index contributed by atoms with van der Waals surface area (Å²) < 4.78 is 0. The molecule has 1 aliphatic rings. The maximum absolute atomic E-state index is 11.4. The van der Waals surface area contributed by atoms with Crippen LogP contribution >= 0.6 is 0 Å². The van der Waals surface area contributed by atoms with E-state index in [1.54, 1.807) is 0 Å². The first-order valence-corrected chi connectivity index (χ1v) is 6.23. The second-order valence-corrected chi connectivity index (χ2v) is 5.31. The molecule has 0 amide bonds. The Labute approximate surface area is 107 Å². The summed E-state index contributed by atoms with van der Waals surface area (Å²) in [6.45, 7) is 2.36. The van der Waals surface area contributed by atoms with Crippen LogP contribution in [0.15, 0.2) is 24.3 Å². The van der Waals surface area contributed by atoms with E-state index in [9.17, 15) is 9.90 Å². The van der Waals surface area contributed by atoms with E-state index < -0.39 is 11.5 Å². The molecule has 1 saturated carbocycles. The largest absolute Gasteiger partial charge is 0.480 e. The number of likely N-dealkylation sites (N-methyl/N-ethyl adjacent to an activating group) is 1. The van der Waals surface area contributed by atoms with E-state index in [0.717, 1.165) is 24.1 Å². The molecule has 0 radical (unpaired) electrons. The van der Waals surface area contributed by atoms with Gasteiger partial charge < -0.3 is 15.7 Å². The summed E-state index contributed by atoms with van der Waals surface area (Å²) in [5.41, 5.74) is 7.12. The monoisotopic (exact) mass is 248 g/mol. The molecule has 0 heterocycles. The van der Waals surface area contributed by atoms with Crippen LogP contribution in [0.2, 0.25) is 0 Å². The quantitative estimate of drug-likeness (QED) is 0.831. The number of anilines is 1. The zero-order chi connectivity index (χ0) is 13.3. The van der Waals surface area contributed by atoms with Crippen molar-refractivity contribution in [3.63, 3.8) is 0 Å². The van der Waals surface area contributed by atoms with Crippen LogP contribution in [-0.4, -0.2) is 30.2 Å². The highest BCUT2D eigenvalue weighted by Crippen LogP contribution is 2.39.